The van der Waals surface area contributed by atoms with E-state index in [1.165, 1.54) is 6.07 Å². The van der Waals surface area contributed by atoms with Crippen LogP contribution >= 0.6 is 15.9 Å². The van der Waals surface area contributed by atoms with Gasteiger partial charge in [0.2, 0.25) is 0 Å². The number of rotatable bonds is 6. The number of para-hydroxylation sites is 1. The van der Waals surface area contributed by atoms with Crippen LogP contribution in [0.4, 0.5) is 10.1 Å². The van der Waals surface area contributed by atoms with Gasteiger partial charge >= 0.3 is 0 Å². The molecule has 0 aliphatic carbocycles. The lowest BCUT2D eigenvalue weighted by Crippen LogP contribution is -2.45. The van der Waals surface area contributed by atoms with Crippen LogP contribution < -0.4 is 15.5 Å². The summed E-state index contributed by atoms with van der Waals surface area (Å²) in [4.78, 5) is 27.5. The fourth-order valence-electron chi connectivity index (χ4n) is 3.99. The monoisotopic (exact) mass is 509 g/mol. The van der Waals surface area contributed by atoms with Crippen molar-refractivity contribution in [2.24, 2.45) is 0 Å². The summed E-state index contributed by atoms with van der Waals surface area (Å²) in [5, 5.41) is 5.94. The van der Waals surface area contributed by atoms with Crippen LogP contribution in [0.3, 0.4) is 0 Å². The number of halogens is 2. The topological polar surface area (TPSA) is 61.4 Å². The Hall–Kier alpha value is -3.19. The molecule has 1 aliphatic rings. The van der Waals surface area contributed by atoms with E-state index in [0.29, 0.717) is 16.7 Å². The number of carbonyl (C=O) groups is 2. The summed E-state index contributed by atoms with van der Waals surface area (Å²) < 4.78 is 14.8. The molecule has 1 fully saturated rings. The van der Waals surface area contributed by atoms with Crippen molar-refractivity contribution in [3.63, 3.8) is 0 Å². The quantitative estimate of drug-likeness (QED) is 0.495. The molecule has 33 heavy (non-hydrogen) atoms. The Bertz CT molecular complexity index is 1130. The van der Waals surface area contributed by atoms with Gasteiger partial charge in [-0.3, -0.25) is 9.59 Å². The van der Waals surface area contributed by atoms with E-state index in [4.69, 9.17) is 0 Å². The third-order valence-electron chi connectivity index (χ3n) is 5.82. The van der Waals surface area contributed by atoms with Crippen LogP contribution in [0.1, 0.15) is 39.1 Å². The zero-order valence-electron chi connectivity index (χ0n) is 18.1. The molecule has 1 saturated heterocycles. The fraction of sp³-hybridized carbons (Fsp3) is 0.231. The lowest BCUT2D eigenvalue weighted by Gasteiger charge is -2.35. The van der Waals surface area contributed by atoms with E-state index in [0.717, 1.165) is 36.1 Å². The molecule has 0 saturated carbocycles. The van der Waals surface area contributed by atoms with E-state index < -0.39 is 0 Å². The van der Waals surface area contributed by atoms with Crippen molar-refractivity contribution >= 4 is 33.4 Å². The molecule has 3 aromatic rings. The number of piperidine rings is 1. The minimum atomic E-state index is -0.335. The maximum Gasteiger partial charge on any atom is 0.253 e. The van der Waals surface area contributed by atoms with Gasteiger partial charge in [-0.25, -0.2) is 4.39 Å². The summed E-state index contributed by atoms with van der Waals surface area (Å²) in [5.74, 6) is -0.647. The molecule has 1 heterocycles. The van der Waals surface area contributed by atoms with Gasteiger partial charge < -0.3 is 15.5 Å². The summed E-state index contributed by atoms with van der Waals surface area (Å²) in [6, 6.07) is 21.2. The van der Waals surface area contributed by atoms with Crippen LogP contribution in [0.2, 0.25) is 0 Å². The first-order chi connectivity index (χ1) is 16.0. The van der Waals surface area contributed by atoms with E-state index in [2.05, 4.69) is 31.5 Å². The first kappa shape index (κ1) is 23.0. The Balaban J connectivity index is 1.35. The van der Waals surface area contributed by atoms with Crippen LogP contribution in [0.15, 0.2) is 77.3 Å². The highest BCUT2D eigenvalue weighted by atomic mass is 79.9. The van der Waals surface area contributed by atoms with Crippen LogP contribution in [0.5, 0.6) is 0 Å². The molecule has 5 nitrogen and oxygen atoms in total. The summed E-state index contributed by atoms with van der Waals surface area (Å²) in [6.07, 6.45) is 1.57. The first-order valence-electron chi connectivity index (χ1n) is 10.9. The molecule has 2 amide bonds. The zero-order valence-corrected chi connectivity index (χ0v) is 19.6. The molecule has 0 radical (unpaired) electrons. The molecule has 4 rings (SSSR count). The highest BCUT2D eigenvalue weighted by molar-refractivity contribution is 9.10. The van der Waals surface area contributed by atoms with Gasteiger partial charge in [0.1, 0.15) is 5.82 Å². The average Bonchev–Trinajstić information content (AvgIpc) is 2.84. The lowest BCUT2D eigenvalue weighted by molar-refractivity contribution is 0.0929. The first-order valence-corrected chi connectivity index (χ1v) is 11.7. The Morgan fingerprint density at radius 1 is 0.909 bits per heavy atom. The van der Waals surface area contributed by atoms with Crippen LogP contribution in [-0.4, -0.2) is 30.9 Å². The van der Waals surface area contributed by atoms with Gasteiger partial charge in [0, 0.05) is 47.0 Å². The number of hydrogen-bond acceptors (Lipinski definition) is 3. The van der Waals surface area contributed by atoms with Crippen LogP contribution in [-0.2, 0) is 6.54 Å². The molecule has 7 heteroatoms. The smallest absolute Gasteiger partial charge is 0.253 e. The second-order valence-corrected chi connectivity index (χ2v) is 8.95. The molecule has 0 spiro atoms. The number of nitrogens with one attached hydrogen (secondary N) is 2. The molecule has 0 atom stereocenters. The molecule has 0 bridgehead atoms. The van der Waals surface area contributed by atoms with E-state index in [1.807, 2.05) is 30.3 Å². The number of anilines is 1. The number of nitrogens with zero attached hydrogens (tertiary/aromatic N) is 1. The third kappa shape index (κ3) is 5.79. The Kier molecular flexibility index (Phi) is 7.40. The summed E-state index contributed by atoms with van der Waals surface area (Å²) >= 11 is 3.38. The van der Waals surface area contributed by atoms with E-state index in [-0.39, 0.29) is 30.2 Å². The SMILES string of the molecule is O=C(NC1CCN(c2ccccc2C(=O)NCc2ccccc2F)CC1)c1ccc(Br)cc1. The largest absolute Gasteiger partial charge is 0.371 e. The summed E-state index contributed by atoms with van der Waals surface area (Å²) in [6.45, 7) is 1.58. The number of benzene rings is 3. The van der Waals surface area contributed by atoms with Crippen molar-refractivity contribution in [3.05, 3.63) is 99.8 Å². The molecule has 170 valence electrons. The minimum Gasteiger partial charge on any atom is -0.371 e. The minimum absolute atomic E-state index is 0.0751. The second kappa shape index (κ2) is 10.6. The van der Waals surface area contributed by atoms with Crippen molar-refractivity contribution in [3.8, 4) is 0 Å². The molecule has 2 N–H and O–H groups in total. The van der Waals surface area contributed by atoms with Crippen molar-refractivity contribution < 1.29 is 14.0 Å². The van der Waals surface area contributed by atoms with Gasteiger partial charge in [0.15, 0.2) is 0 Å². The van der Waals surface area contributed by atoms with E-state index in [1.54, 1.807) is 36.4 Å². The van der Waals surface area contributed by atoms with Gasteiger partial charge in [0.25, 0.3) is 11.8 Å². The Morgan fingerprint density at radius 2 is 1.58 bits per heavy atom. The predicted molar refractivity (Wildman–Crippen MR) is 131 cm³/mol. The Morgan fingerprint density at radius 3 is 2.30 bits per heavy atom. The zero-order chi connectivity index (χ0) is 23.2. The van der Waals surface area contributed by atoms with E-state index in [9.17, 15) is 14.0 Å². The van der Waals surface area contributed by atoms with Crippen LogP contribution in [0, 0.1) is 5.82 Å². The van der Waals surface area contributed by atoms with Gasteiger partial charge in [-0.2, -0.15) is 0 Å². The third-order valence-corrected chi connectivity index (χ3v) is 6.35. The van der Waals surface area contributed by atoms with E-state index >= 15 is 0 Å². The van der Waals surface area contributed by atoms with Crippen molar-refractivity contribution in [1.29, 1.82) is 0 Å². The van der Waals surface area contributed by atoms with Crippen molar-refractivity contribution in [1.82, 2.24) is 10.6 Å². The van der Waals surface area contributed by atoms with Gasteiger partial charge in [-0.05, 0) is 55.3 Å². The standard InChI is InChI=1S/C26H25BrFN3O2/c27-20-11-9-18(10-12-20)25(32)30-21-13-15-31(16-14-21)24-8-4-2-6-22(24)26(33)29-17-19-5-1-3-7-23(19)28/h1-12,21H,13-17H2,(H,29,33)(H,30,32). The number of carbonyl (C=O) groups excluding carboxylic acids is 2. The summed E-state index contributed by atoms with van der Waals surface area (Å²) in [7, 11) is 0. The second-order valence-electron chi connectivity index (χ2n) is 8.03. The number of amides is 2. The molecule has 1 aliphatic heterocycles. The number of hydrogen-bond donors (Lipinski definition) is 2. The maximum atomic E-state index is 13.9. The van der Waals surface area contributed by atoms with Crippen molar-refractivity contribution in [2.45, 2.75) is 25.4 Å². The van der Waals surface area contributed by atoms with Gasteiger partial charge in [0.05, 0.1) is 5.56 Å². The molecule has 3 aromatic carbocycles. The molecular weight excluding hydrogens is 485 g/mol. The Labute approximate surface area is 201 Å². The average molecular weight is 510 g/mol. The predicted octanol–water partition coefficient (Wildman–Crippen LogP) is 4.92. The van der Waals surface area contributed by atoms with Crippen molar-refractivity contribution in [2.75, 3.05) is 18.0 Å². The van der Waals surface area contributed by atoms with Gasteiger partial charge in [-0.15, -0.1) is 0 Å². The highest BCUT2D eigenvalue weighted by Gasteiger charge is 2.24. The fourth-order valence-corrected chi connectivity index (χ4v) is 4.25. The lowest BCUT2D eigenvalue weighted by atomic mass is 10.0. The highest BCUT2D eigenvalue weighted by Crippen LogP contribution is 2.25. The molecule has 0 aromatic heterocycles. The van der Waals surface area contributed by atoms with Crippen LogP contribution in [0.25, 0.3) is 0 Å². The molecule has 0 unspecified atom stereocenters. The maximum absolute atomic E-state index is 13.9. The summed E-state index contributed by atoms with van der Waals surface area (Å²) in [5.41, 5.74) is 2.50. The molecular formula is C26H25BrFN3O2. The normalized spacial score (nSPS) is 14.1. The van der Waals surface area contributed by atoms with Gasteiger partial charge in [-0.1, -0.05) is 46.3 Å².